The molecule has 0 saturated heterocycles. The number of nitrogens with zero attached hydrogens (tertiary/aromatic N) is 2. The van der Waals surface area contributed by atoms with E-state index < -0.39 is 0 Å². The van der Waals surface area contributed by atoms with Gasteiger partial charge in [0.15, 0.2) is 12.2 Å². The summed E-state index contributed by atoms with van der Waals surface area (Å²) in [7, 11) is 3.28. The Balaban J connectivity index is 1.64. The van der Waals surface area contributed by atoms with Crippen LogP contribution in [0.1, 0.15) is 22.6 Å². The first-order chi connectivity index (χ1) is 13.2. The molecule has 5 heteroatoms. The first-order valence-corrected chi connectivity index (χ1v) is 9.13. The lowest BCUT2D eigenvalue weighted by atomic mass is 10.1. The molecular formula is C22H23N2O3+. The molecule has 0 bridgehead atoms. The van der Waals surface area contributed by atoms with Gasteiger partial charge in [0.1, 0.15) is 17.7 Å². The minimum absolute atomic E-state index is 0.0838. The lowest BCUT2D eigenvalue weighted by molar-refractivity contribution is -0.689. The van der Waals surface area contributed by atoms with Gasteiger partial charge in [0.05, 0.1) is 27.2 Å². The summed E-state index contributed by atoms with van der Waals surface area (Å²) in [5.74, 6) is 2.83. The number of benzene rings is 2. The number of imidazole rings is 1. The van der Waals surface area contributed by atoms with Gasteiger partial charge in [0.25, 0.3) is 5.82 Å². The van der Waals surface area contributed by atoms with E-state index in [4.69, 9.17) is 9.47 Å². The second-order valence-corrected chi connectivity index (χ2v) is 6.70. The summed E-state index contributed by atoms with van der Waals surface area (Å²) in [6, 6.07) is 15.4. The molecule has 27 heavy (non-hydrogen) atoms. The first-order valence-electron chi connectivity index (χ1n) is 9.13. The maximum atomic E-state index is 12.8. The van der Waals surface area contributed by atoms with Crippen LogP contribution in [0, 0.1) is 0 Å². The number of methoxy groups -OCH3 is 2. The maximum Gasteiger partial charge on any atom is 0.257 e. The van der Waals surface area contributed by atoms with Crippen molar-refractivity contribution >= 4 is 5.78 Å². The number of Topliss-reactive ketones (excluding diaryl/α,β-unsaturated/α-hetero) is 1. The molecule has 0 N–H and O–H groups in total. The number of carbonyl (C=O) groups excluding carboxylic acids is 1. The van der Waals surface area contributed by atoms with Crippen LogP contribution in [-0.4, -0.2) is 24.6 Å². The van der Waals surface area contributed by atoms with Gasteiger partial charge in [-0.3, -0.25) is 4.79 Å². The zero-order chi connectivity index (χ0) is 18.8. The van der Waals surface area contributed by atoms with Crippen molar-refractivity contribution in [1.29, 1.82) is 0 Å². The summed E-state index contributed by atoms with van der Waals surface area (Å²) in [6.07, 6.45) is 4.18. The van der Waals surface area contributed by atoms with Crippen LogP contribution in [-0.2, 0) is 19.5 Å². The van der Waals surface area contributed by atoms with E-state index >= 15 is 0 Å². The highest BCUT2D eigenvalue weighted by Crippen LogP contribution is 2.26. The number of fused-ring (bicyclic) bond motifs is 1. The standard InChI is InChI=1S/C22H23N2O3/c1-26-18-10-8-16(9-11-18)20-14-23(22-7-4-12-24(20)22)15-21(25)17-5-3-6-19(13-17)27-2/h3,5-6,8-11,13-14H,4,7,12,15H2,1-2H3/q+1. The highest BCUT2D eigenvalue weighted by molar-refractivity contribution is 5.95. The largest absolute Gasteiger partial charge is 0.497 e. The van der Waals surface area contributed by atoms with E-state index in [0.717, 1.165) is 36.4 Å². The summed E-state index contributed by atoms with van der Waals surface area (Å²) in [6.45, 7) is 1.32. The fourth-order valence-corrected chi connectivity index (χ4v) is 3.68. The number of rotatable bonds is 6. The Morgan fingerprint density at radius 1 is 1.07 bits per heavy atom. The Morgan fingerprint density at radius 2 is 1.85 bits per heavy atom. The molecule has 2 aromatic carbocycles. The molecule has 2 heterocycles. The Labute approximate surface area is 158 Å². The lowest BCUT2D eigenvalue weighted by Gasteiger charge is -2.03. The van der Waals surface area contributed by atoms with Crippen LogP contribution >= 0.6 is 0 Å². The molecule has 1 aliphatic rings. The fourth-order valence-electron chi connectivity index (χ4n) is 3.68. The maximum absolute atomic E-state index is 12.8. The molecular weight excluding hydrogens is 340 g/mol. The molecule has 0 saturated carbocycles. The third kappa shape index (κ3) is 3.33. The van der Waals surface area contributed by atoms with Crippen molar-refractivity contribution in [3.05, 3.63) is 66.1 Å². The number of hydrogen-bond donors (Lipinski definition) is 0. The molecule has 0 spiro atoms. The second-order valence-electron chi connectivity index (χ2n) is 6.70. The first kappa shape index (κ1) is 17.3. The van der Waals surface area contributed by atoms with Crippen LogP contribution in [0.4, 0.5) is 0 Å². The summed E-state index contributed by atoms with van der Waals surface area (Å²) in [5, 5.41) is 0. The third-order valence-electron chi connectivity index (χ3n) is 5.09. The zero-order valence-electron chi connectivity index (χ0n) is 15.6. The van der Waals surface area contributed by atoms with Gasteiger partial charge in [-0.1, -0.05) is 12.1 Å². The van der Waals surface area contributed by atoms with Crippen LogP contribution in [0.5, 0.6) is 11.5 Å². The molecule has 0 amide bonds. The van der Waals surface area contributed by atoms with Gasteiger partial charge in [-0.15, -0.1) is 0 Å². The van der Waals surface area contributed by atoms with Crippen molar-refractivity contribution in [2.45, 2.75) is 25.9 Å². The molecule has 5 nitrogen and oxygen atoms in total. The van der Waals surface area contributed by atoms with Crippen LogP contribution in [0.3, 0.4) is 0 Å². The third-order valence-corrected chi connectivity index (χ3v) is 5.09. The van der Waals surface area contributed by atoms with Crippen molar-refractivity contribution in [3.8, 4) is 22.8 Å². The van der Waals surface area contributed by atoms with Crippen LogP contribution in [0.15, 0.2) is 54.7 Å². The lowest BCUT2D eigenvalue weighted by Crippen LogP contribution is -2.40. The van der Waals surface area contributed by atoms with Crippen molar-refractivity contribution in [2.24, 2.45) is 0 Å². The molecule has 138 valence electrons. The van der Waals surface area contributed by atoms with Gasteiger partial charge < -0.3 is 9.47 Å². The molecule has 1 aliphatic heterocycles. The number of ether oxygens (including phenoxy) is 2. The van der Waals surface area contributed by atoms with Crippen molar-refractivity contribution in [3.63, 3.8) is 0 Å². The normalized spacial score (nSPS) is 12.7. The van der Waals surface area contributed by atoms with E-state index in [2.05, 4.69) is 27.5 Å². The van der Waals surface area contributed by atoms with Crippen LogP contribution < -0.4 is 14.0 Å². The van der Waals surface area contributed by atoms with E-state index in [1.54, 1.807) is 20.3 Å². The summed E-state index contributed by atoms with van der Waals surface area (Å²) >= 11 is 0. The fraction of sp³-hybridized carbons (Fsp3) is 0.273. The SMILES string of the molecule is COc1ccc(-c2c[n+](CC(=O)c3cccc(OC)c3)c3n2CCC3)cc1. The molecule has 0 aliphatic carbocycles. The zero-order valence-corrected chi connectivity index (χ0v) is 15.6. The summed E-state index contributed by atoms with van der Waals surface area (Å²) < 4.78 is 14.9. The predicted octanol–water partition coefficient (Wildman–Crippen LogP) is 3.29. The van der Waals surface area contributed by atoms with Gasteiger partial charge in [-0.05, 0) is 42.8 Å². The highest BCUT2D eigenvalue weighted by Gasteiger charge is 2.29. The smallest absolute Gasteiger partial charge is 0.257 e. The van der Waals surface area contributed by atoms with Crippen molar-refractivity contribution in [1.82, 2.24) is 4.57 Å². The molecule has 4 rings (SSSR count). The number of carbonyl (C=O) groups is 1. The molecule has 1 aromatic heterocycles. The topological polar surface area (TPSA) is 44.3 Å². The van der Waals surface area contributed by atoms with Gasteiger partial charge in [-0.2, -0.15) is 0 Å². The van der Waals surface area contributed by atoms with Crippen LogP contribution in [0.2, 0.25) is 0 Å². The average molecular weight is 363 g/mol. The van der Waals surface area contributed by atoms with Gasteiger partial charge in [-0.25, -0.2) is 9.13 Å². The number of hydrogen-bond acceptors (Lipinski definition) is 3. The minimum atomic E-state index is 0.0838. The van der Waals surface area contributed by atoms with E-state index in [1.807, 2.05) is 30.3 Å². The van der Waals surface area contributed by atoms with E-state index in [9.17, 15) is 4.79 Å². The van der Waals surface area contributed by atoms with Crippen molar-refractivity contribution in [2.75, 3.05) is 14.2 Å². The van der Waals surface area contributed by atoms with Gasteiger partial charge in [0, 0.05) is 11.1 Å². The number of ketones is 1. The highest BCUT2D eigenvalue weighted by atomic mass is 16.5. The second kappa shape index (κ2) is 7.27. The van der Waals surface area contributed by atoms with Crippen LogP contribution in [0.25, 0.3) is 11.3 Å². The van der Waals surface area contributed by atoms with E-state index in [0.29, 0.717) is 17.9 Å². The van der Waals surface area contributed by atoms with Crippen molar-refractivity contribution < 1.29 is 18.8 Å². The van der Waals surface area contributed by atoms with Gasteiger partial charge in [0.2, 0.25) is 5.78 Å². The molecule has 0 unspecified atom stereocenters. The molecule has 0 radical (unpaired) electrons. The Bertz CT molecular complexity index is 974. The Morgan fingerprint density at radius 3 is 2.59 bits per heavy atom. The molecule has 3 aromatic rings. The van der Waals surface area contributed by atoms with E-state index in [-0.39, 0.29) is 5.78 Å². The Kier molecular flexibility index (Phi) is 4.67. The number of aromatic nitrogens is 2. The van der Waals surface area contributed by atoms with E-state index in [1.165, 1.54) is 5.82 Å². The average Bonchev–Trinajstić information content (AvgIpc) is 3.32. The predicted molar refractivity (Wildman–Crippen MR) is 102 cm³/mol. The monoisotopic (exact) mass is 363 g/mol. The Hall–Kier alpha value is -3.08. The summed E-state index contributed by atoms with van der Waals surface area (Å²) in [5.41, 5.74) is 2.95. The molecule has 0 atom stereocenters. The summed E-state index contributed by atoms with van der Waals surface area (Å²) in [4.78, 5) is 12.8. The van der Waals surface area contributed by atoms with Gasteiger partial charge >= 0.3 is 0 Å². The minimum Gasteiger partial charge on any atom is -0.497 e. The quantitative estimate of drug-likeness (QED) is 0.499. The molecule has 0 fully saturated rings.